The molecule has 1 aromatic rings. The van der Waals surface area contributed by atoms with Crippen molar-refractivity contribution in [1.82, 2.24) is 4.98 Å². The summed E-state index contributed by atoms with van der Waals surface area (Å²) in [5, 5.41) is 4.89. The third-order valence-electron chi connectivity index (χ3n) is 2.04. The Morgan fingerprint density at radius 1 is 1.56 bits per heavy atom. The molecule has 1 heterocycles. The van der Waals surface area contributed by atoms with E-state index < -0.39 is 0 Å². The zero-order valence-electron chi connectivity index (χ0n) is 10.3. The minimum Gasteiger partial charge on any atom is -0.466 e. The lowest BCUT2D eigenvalue weighted by Crippen LogP contribution is -2.13. The van der Waals surface area contributed by atoms with Crippen molar-refractivity contribution >= 4 is 28.3 Å². The SMILES string of the molecule is CCOC(=O)Cc1csc(NC(=O)CCCN)n1. The van der Waals surface area contributed by atoms with Gasteiger partial charge < -0.3 is 15.8 Å². The minimum atomic E-state index is -0.316. The van der Waals surface area contributed by atoms with Gasteiger partial charge in [-0.25, -0.2) is 4.98 Å². The summed E-state index contributed by atoms with van der Waals surface area (Å²) in [7, 11) is 0. The number of amides is 1. The standard InChI is InChI=1S/C11H17N3O3S/c1-2-17-10(16)6-8-7-18-11(13-8)14-9(15)4-3-5-12/h7H,2-6,12H2,1H3,(H,13,14,15). The van der Waals surface area contributed by atoms with Gasteiger partial charge in [0.15, 0.2) is 5.13 Å². The van der Waals surface area contributed by atoms with E-state index in [1.54, 1.807) is 12.3 Å². The van der Waals surface area contributed by atoms with Crippen molar-refractivity contribution in [2.45, 2.75) is 26.2 Å². The number of carbonyl (C=O) groups is 2. The number of ether oxygens (including phenoxy) is 1. The van der Waals surface area contributed by atoms with Gasteiger partial charge in [-0.05, 0) is 19.9 Å². The van der Waals surface area contributed by atoms with E-state index in [9.17, 15) is 9.59 Å². The number of nitrogens with zero attached hydrogens (tertiary/aromatic N) is 1. The van der Waals surface area contributed by atoms with Gasteiger partial charge in [0, 0.05) is 11.8 Å². The minimum absolute atomic E-state index is 0.113. The molecule has 100 valence electrons. The average Bonchev–Trinajstić information content (AvgIpc) is 2.74. The highest BCUT2D eigenvalue weighted by Gasteiger charge is 2.10. The molecule has 1 aromatic heterocycles. The molecular formula is C11H17N3O3S. The Morgan fingerprint density at radius 2 is 2.33 bits per heavy atom. The van der Waals surface area contributed by atoms with Gasteiger partial charge in [0.25, 0.3) is 0 Å². The van der Waals surface area contributed by atoms with Crippen LogP contribution in [0.15, 0.2) is 5.38 Å². The average molecular weight is 271 g/mol. The van der Waals surface area contributed by atoms with E-state index in [0.29, 0.717) is 36.8 Å². The molecule has 0 bridgehead atoms. The third kappa shape index (κ3) is 5.24. The van der Waals surface area contributed by atoms with Crippen molar-refractivity contribution < 1.29 is 14.3 Å². The molecule has 0 spiro atoms. The first kappa shape index (κ1) is 14.6. The molecule has 0 aliphatic carbocycles. The number of aromatic nitrogens is 1. The molecule has 0 aliphatic heterocycles. The number of rotatable bonds is 7. The van der Waals surface area contributed by atoms with Gasteiger partial charge in [-0.1, -0.05) is 0 Å². The maximum absolute atomic E-state index is 11.4. The summed E-state index contributed by atoms with van der Waals surface area (Å²) < 4.78 is 4.81. The Kier molecular flexibility index (Phi) is 6.31. The van der Waals surface area contributed by atoms with Crippen LogP contribution in [-0.2, 0) is 20.7 Å². The third-order valence-corrected chi connectivity index (χ3v) is 2.84. The van der Waals surface area contributed by atoms with Crippen molar-refractivity contribution in [2.24, 2.45) is 5.73 Å². The van der Waals surface area contributed by atoms with Crippen molar-refractivity contribution in [3.8, 4) is 0 Å². The van der Waals surface area contributed by atoms with Gasteiger partial charge in [0.05, 0.1) is 18.7 Å². The second-order valence-electron chi connectivity index (χ2n) is 3.57. The quantitative estimate of drug-likeness (QED) is 0.719. The van der Waals surface area contributed by atoms with E-state index >= 15 is 0 Å². The first-order valence-corrected chi connectivity index (χ1v) is 6.63. The van der Waals surface area contributed by atoms with Crippen molar-refractivity contribution in [1.29, 1.82) is 0 Å². The van der Waals surface area contributed by atoms with Crippen LogP contribution in [0.5, 0.6) is 0 Å². The Morgan fingerprint density at radius 3 is 3.00 bits per heavy atom. The van der Waals surface area contributed by atoms with Crippen LogP contribution in [0.4, 0.5) is 5.13 Å². The molecular weight excluding hydrogens is 254 g/mol. The Hall–Kier alpha value is -1.47. The Bertz CT molecular complexity index is 406. The fourth-order valence-electron chi connectivity index (χ4n) is 1.25. The summed E-state index contributed by atoms with van der Waals surface area (Å²) in [5.74, 6) is -0.429. The molecule has 0 saturated carbocycles. The van der Waals surface area contributed by atoms with Crippen molar-refractivity contribution in [2.75, 3.05) is 18.5 Å². The maximum Gasteiger partial charge on any atom is 0.311 e. The molecule has 6 nitrogen and oxygen atoms in total. The second kappa shape index (κ2) is 7.78. The van der Waals surface area contributed by atoms with Crippen LogP contribution >= 0.6 is 11.3 Å². The zero-order valence-corrected chi connectivity index (χ0v) is 11.1. The lowest BCUT2D eigenvalue weighted by atomic mass is 10.3. The fourth-order valence-corrected chi connectivity index (χ4v) is 1.98. The molecule has 18 heavy (non-hydrogen) atoms. The molecule has 0 radical (unpaired) electrons. The normalized spacial score (nSPS) is 10.1. The summed E-state index contributed by atoms with van der Waals surface area (Å²) in [5.41, 5.74) is 5.92. The second-order valence-corrected chi connectivity index (χ2v) is 4.42. The molecule has 1 rings (SSSR count). The first-order chi connectivity index (χ1) is 8.65. The van der Waals surface area contributed by atoms with E-state index in [1.807, 2.05) is 0 Å². The predicted molar refractivity (Wildman–Crippen MR) is 69.4 cm³/mol. The van der Waals surface area contributed by atoms with Gasteiger partial charge in [0.1, 0.15) is 0 Å². The van der Waals surface area contributed by atoms with E-state index in [4.69, 9.17) is 10.5 Å². The Balaban J connectivity index is 2.43. The van der Waals surface area contributed by atoms with Gasteiger partial charge >= 0.3 is 5.97 Å². The van der Waals surface area contributed by atoms with Crippen LogP contribution in [0, 0.1) is 0 Å². The molecule has 0 unspecified atom stereocenters. The van der Waals surface area contributed by atoms with Crippen LogP contribution in [-0.4, -0.2) is 30.0 Å². The largest absolute Gasteiger partial charge is 0.466 e. The monoisotopic (exact) mass is 271 g/mol. The van der Waals surface area contributed by atoms with Crippen LogP contribution in [0.3, 0.4) is 0 Å². The van der Waals surface area contributed by atoms with E-state index in [0.717, 1.165) is 0 Å². The van der Waals surface area contributed by atoms with Gasteiger partial charge in [0.2, 0.25) is 5.91 Å². The number of hydrogen-bond acceptors (Lipinski definition) is 6. The first-order valence-electron chi connectivity index (χ1n) is 5.75. The summed E-state index contributed by atoms with van der Waals surface area (Å²) in [6.07, 6.45) is 1.15. The molecule has 0 aliphatic rings. The number of carbonyl (C=O) groups excluding carboxylic acids is 2. The van der Waals surface area contributed by atoms with E-state index in [1.165, 1.54) is 11.3 Å². The van der Waals surface area contributed by atoms with Gasteiger partial charge in [-0.2, -0.15) is 0 Å². The highest BCUT2D eigenvalue weighted by Crippen LogP contribution is 2.16. The van der Waals surface area contributed by atoms with Crippen LogP contribution in [0.25, 0.3) is 0 Å². The van der Waals surface area contributed by atoms with Gasteiger partial charge in [-0.3, -0.25) is 9.59 Å². The molecule has 0 saturated heterocycles. The Labute approximate surface area is 110 Å². The molecule has 0 atom stereocenters. The van der Waals surface area contributed by atoms with E-state index in [-0.39, 0.29) is 18.3 Å². The maximum atomic E-state index is 11.4. The topological polar surface area (TPSA) is 94.3 Å². The smallest absolute Gasteiger partial charge is 0.311 e. The van der Waals surface area contributed by atoms with Crippen LogP contribution in [0.2, 0.25) is 0 Å². The van der Waals surface area contributed by atoms with Crippen molar-refractivity contribution in [3.63, 3.8) is 0 Å². The molecule has 0 aromatic carbocycles. The molecule has 3 N–H and O–H groups in total. The van der Waals surface area contributed by atoms with Crippen molar-refractivity contribution in [3.05, 3.63) is 11.1 Å². The summed E-state index contributed by atoms with van der Waals surface area (Å²) in [6.45, 7) is 2.59. The number of esters is 1. The van der Waals surface area contributed by atoms with Crippen LogP contribution < -0.4 is 11.1 Å². The summed E-state index contributed by atoms with van der Waals surface area (Å²) in [4.78, 5) is 26.8. The highest BCUT2D eigenvalue weighted by atomic mass is 32.1. The number of nitrogens with one attached hydrogen (secondary N) is 1. The molecule has 0 fully saturated rings. The number of thiazole rings is 1. The fraction of sp³-hybridized carbons (Fsp3) is 0.545. The van der Waals surface area contributed by atoms with E-state index in [2.05, 4.69) is 10.3 Å². The summed E-state index contributed by atoms with van der Waals surface area (Å²) >= 11 is 1.29. The number of hydrogen-bond donors (Lipinski definition) is 2. The van der Waals surface area contributed by atoms with Gasteiger partial charge in [-0.15, -0.1) is 11.3 Å². The van der Waals surface area contributed by atoms with Crippen LogP contribution in [0.1, 0.15) is 25.5 Å². The molecule has 1 amide bonds. The molecule has 7 heteroatoms. The lowest BCUT2D eigenvalue weighted by Gasteiger charge is -2.00. The number of nitrogens with two attached hydrogens (primary N) is 1. The highest BCUT2D eigenvalue weighted by molar-refractivity contribution is 7.13. The zero-order chi connectivity index (χ0) is 13.4. The summed E-state index contributed by atoms with van der Waals surface area (Å²) in [6, 6.07) is 0. The predicted octanol–water partition coefficient (Wildman–Crippen LogP) is 0.926. The number of anilines is 1. The lowest BCUT2D eigenvalue weighted by molar-refractivity contribution is -0.142.